The topological polar surface area (TPSA) is 79.8 Å². The van der Waals surface area contributed by atoms with Gasteiger partial charge in [0, 0.05) is 10.2 Å². The Bertz CT molecular complexity index is 730. The highest BCUT2D eigenvalue weighted by molar-refractivity contribution is 9.10. The molecule has 2 amide bonds. The maximum Gasteiger partial charge on any atom is 0.329 e. The number of hydrazone groups is 1. The van der Waals surface area contributed by atoms with Gasteiger partial charge in [-0.1, -0.05) is 22.0 Å². The Kier molecular flexibility index (Phi) is 5.87. The minimum absolute atomic E-state index is 0.513. The van der Waals surface area contributed by atoms with E-state index in [1.54, 1.807) is 49.6 Å². The molecule has 23 heavy (non-hydrogen) atoms. The molecule has 0 saturated heterocycles. The van der Waals surface area contributed by atoms with Crippen molar-refractivity contribution in [3.05, 3.63) is 58.6 Å². The monoisotopic (exact) mass is 375 g/mol. The number of halogens is 1. The predicted molar refractivity (Wildman–Crippen MR) is 91.5 cm³/mol. The largest absolute Gasteiger partial charge is 0.497 e. The highest BCUT2D eigenvalue weighted by Gasteiger charge is 2.12. The van der Waals surface area contributed by atoms with Crippen LogP contribution >= 0.6 is 15.9 Å². The SMILES string of the molecule is COc1ccc(/C=N\NC(=O)C(=O)Nc2cccc(Br)c2)cc1. The van der Waals surface area contributed by atoms with Crippen LogP contribution in [0.25, 0.3) is 0 Å². The summed E-state index contributed by atoms with van der Waals surface area (Å²) in [4.78, 5) is 23.4. The number of nitrogens with zero attached hydrogens (tertiary/aromatic N) is 1. The number of methoxy groups -OCH3 is 1. The van der Waals surface area contributed by atoms with E-state index in [1.807, 2.05) is 6.07 Å². The van der Waals surface area contributed by atoms with Gasteiger partial charge in [0.1, 0.15) is 5.75 Å². The van der Waals surface area contributed by atoms with E-state index in [-0.39, 0.29) is 0 Å². The van der Waals surface area contributed by atoms with Crippen molar-refractivity contribution in [3.8, 4) is 5.75 Å². The van der Waals surface area contributed by atoms with Crippen LogP contribution in [0.3, 0.4) is 0 Å². The minimum Gasteiger partial charge on any atom is -0.497 e. The second kappa shape index (κ2) is 8.09. The molecule has 118 valence electrons. The van der Waals surface area contributed by atoms with Gasteiger partial charge in [-0.25, -0.2) is 5.43 Å². The van der Waals surface area contributed by atoms with Crippen molar-refractivity contribution in [1.29, 1.82) is 0 Å². The molecule has 7 heteroatoms. The molecule has 0 saturated carbocycles. The fourth-order valence-electron chi connectivity index (χ4n) is 1.66. The molecule has 2 aromatic rings. The molecule has 2 N–H and O–H groups in total. The van der Waals surface area contributed by atoms with Crippen molar-refractivity contribution in [2.75, 3.05) is 12.4 Å². The minimum atomic E-state index is -0.852. The van der Waals surface area contributed by atoms with Gasteiger partial charge in [0.25, 0.3) is 0 Å². The molecule has 0 bridgehead atoms. The number of benzene rings is 2. The Morgan fingerprint density at radius 2 is 1.87 bits per heavy atom. The summed E-state index contributed by atoms with van der Waals surface area (Å²) in [7, 11) is 1.58. The van der Waals surface area contributed by atoms with Gasteiger partial charge in [-0.2, -0.15) is 5.10 Å². The highest BCUT2D eigenvalue weighted by atomic mass is 79.9. The second-order valence-electron chi connectivity index (χ2n) is 4.44. The van der Waals surface area contributed by atoms with Crippen LogP contribution < -0.4 is 15.5 Å². The van der Waals surface area contributed by atoms with E-state index >= 15 is 0 Å². The summed E-state index contributed by atoms with van der Waals surface area (Å²) in [5.41, 5.74) is 3.45. The highest BCUT2D eigenvalue weighted by Crippen LogP contribution is 2.15. The van der Waals surface area contributed by atoms with Crippen LogP contribution in [0.15, 0.2) is 58.1 Å². The summed E-state index contributed by atoms with van der Waals surface area (Å²) in [5.74, 6) is -0.927. The number of anilines is 1. The normalized spacial score (nSPS) is 10.3. The molecular weight excluding hydrogens is 362 g/mol. The lowest BCUT2D eigenvalue weighted by atomic mass is 10.2. The molecular formula is C16H14BrN3O3. The number of amides is 2. The van der Waals surface area contributed by atoms with Gasteiger partial charge in [-0.05, 0) is 48.0 Å². The number of carbonyl (C=O) groups is 2. The Labute approximate surface area is 141 Å². The van der Waals surface area contributed by atoms with E-state index in [0.717, 1.165) is 15.8 Å². The summed E-state index contributed by atoms with van der Waals surface area (Å²) in [6.07, 6.45) is 1.43. The average molecular weight is 376 g/mol. The molecule has 2 aromatic carbocycles. The van der Waals surface area contributed by atoms with Crippen LogP contribution in [0.2, 0.25) is 0 Å². The van der Waals surface area contributed by atoms with E-state index in [2.05, 4.69) is 31.8 Å². The van der Waals surface area contributed by atoms with Crippen LogP contribution in [0.4, 0.5) is 5.69 Å². The third-order valence-corrected chi connectivity index (χ3v) is 3.28. The molecule has 0 aromatic heterocycles. The first kappa shape index (κ1) is 16.7. The van der Waals surface area contributed by atoms with Gasteiger partial charge in [-0.3, -0.25) is 9.59 Å². The van der Waals surface area contributed by atoms with Gasteiger partial charge < -0.3 is 10.1 Å². The van der Waals surface area contributed by atoms with Crippen LogP contribution in [-0.4, -0.2) is 25.1 Å². The quantitative estimate of drug-likeness (QED) is 0.489. The zero-order valence-electron chi connectivity index (χ0n) is 12.2. The van der Waals surface area contributed by atoms with Crippen LogP contribution in [0.5, 0.6) is 5.75 Å². The second-order valence-corrected chi connectivity index (χ2v) is 5.35. The Balaban J connectivity index is 1.88. The van der Waals surface area contributed by atoms with Crippen molar-refractivity contribution in [3.63, 3.8) is 0 Å². The lowest BCUT2D eigenvalue weighted by Crippen LogP contribution is -2.32. The first-order valence-electron chi connectivity index (χ1n) is 6.62. The van der Waals surface area contributed by atoms with E-state index in [9.17, 15) is 9.59 Å². The van der Waals surface area contributed by atoms with E-state index in [1.165, 1.54) is 6.21 Å². The summed E-state index contributed by atoms with van der Waals surface area (Å²) >= 11 is 3.28. The predicted octanol–water partition coefficient (Wildman–Crippen LogP) is 2.55. The molecule has 0 unspecified atom stereocenters. The van der Waals surface area contributed by atoms with Crippen molar-refractivity contribution in [1.82, 2.24) is 5.43 Å². The molecule has 0 aliphatic carbocycles. The number of nitrogens with one attached hydrogen (secondary N) is 2. The fourth-order valence-corrected chi connectivity index (χ4v) is 2.06. The van der Waals surface area contributed by atoms with Crippen molar-refractivity contribution in [2.24, 2.45) is 5.10 Å². The lowest BCUT2D eigenvalue weighted by Gasteiger charge is -2.04. The van der Waals surface area contributed by atoms with Crippen molar-refractivity contribution in [2.45, 2.75) is 0 Å². The van der Waals surface area contributed by atoms with Crippen molar-refractivity contribution >= 4 is 39.6 Å². The number of carbonyl (C=O) groups excluding carboxylic acids is 2. The molecule has 6 nitrogen and oxygen atoms in total. The fraction of sp³-hybridized carbons (Fsp3) is 0.0625. The lowest BCUT2D eigenvalue weighted by molar-refractivity contribution is -0.136. The molecule has 0 aliphatic heterocycles. The maximum absolute atomic E-state index is 11.7. The number of rotatable bonds is 4. The third kappa shape index (κ3) is 5.23. The van der Waals surface area contributed by atoms with Gasteiger partial charge in [0.05, 0.1) is 13.3 Å². The van der Waals surface area contributed by atoms with E-state index < -0.39 is 11.8 Å². The van der Waals surface area contributed by atoms with Gasteiger partial charge in [-0.15, -0.1) is 0 Å². The first-order chi connectivity index (χ1) is 11.1. The number of hydrogen-bond donors (Lipinski definition) is 2. The zero-order valence-corrected chi connectivity index (χ0v) is 13.8. The summed E-state index contributed by atoms with van der Waals surface area (Å²) in [5, 5.41) is 6.22. The Morgan fingerprint density at radius 1 is 1.13 bits per heavy atom. The van der Waals surface area contributed by atoms with Gasteiger partial charge >= 0.3 is 11.8 Å². The number of hydrogen-bond acceptors (Lipinski definition) is 4. The average Bonchev–Trinajstić information content (AvgIpc) is 2.55. The van der Waals surface area contributed by atoms with Gasteiger partial charge in [0.15, 0.2) is 0 Å². The third-order valence-electron chi connectivity index (χ3n) is 2.78. The summed E-state index contributed by atoms with van der Waals surface area (Å²) in [6, 6.07) is 14.0. The molecule has 0 radical (unpaired) electrons. The summed E-state index contributed by atoms with van der Waals surface area (Å²) in [6.45, 7) is 0. The van der Waals surface area contributed by atoms with Gasteiger partial charge in [0.2, 0.25) is 0 Å². The van der Waals surface area contributed by atoms with Crippen molar-refractivity contribution < 1.29 is 14.3 Å². The molecule has 0 fully saturated rings. The molecule has 0 spiro atoms. The smallest absolute Gasteiger partial charge is 0.329 e. The number of ether oxygens (including phenoxy) is 1. The first-order valence-corrected chi connectivity index (χ1v) is 7.42. The van der Waals surface area contributed by atoms with Crippen LogP contribution in [-0.2, 0) is 9.59 Å². The molecule has 0 heterocycles. The Hall–Kier alpha value is -2.67. The zero-order chi connectivity index (χ0) is 16.7. The molecule has 0 atom stereocenters. The standard InChI is InChI=1S/C16H14BrN3O3/c1-23-14-7-5-11(6-8-14)10-18-20-16(22)15(21)19-13-4-2-3-12(17)9-13/h2-10H,1H3,(H,19,21)(H,20,22)/b18-10-. The summed E-state index contributed by atoms with van der Waals surface area (Å²) < 4.78 is 5.84. The maximum atomic E-state index is 11.7. The molecule has 2 rings (SSSR count). The van der Waals surface area contributed by atoms with Crippen LogP contribution in [0, 0.1) is 0 Å². The Morgan fingerprint density at radius 3 is 2.52 bits per heavy atom. The van der Waals surface area contributed by atoms with E-state index in [0.29, 0.717) is 5.69 Å². The van der Waals surface area contributed by atoms with E-state index in [4.69, 9.17) is 4.74 Å². The van der Waals surface area contributed by atoms with Crippen LogP contribution in [0.1, 0.15) is 5.56 Å². The molecule has 0 aliphatic rings.